The monoisotopic (exact) mass is 863 g/mol. The van der Waals surface area contributed by atoms with Gasteiger partial charge in [0.15, 0.2) is 0 Å². The molecule has 0 spiro atoms. The molecule has 6 heteroatoms. The number of halogens is 2. The Hall–Kier alpha value is -1.37. The van der Waals surface area contributed by atoms with Crippen molar-refractivity contribution in [2.24, 2.45) is 0 Å². The van der Waals surface area contributed by atoms with Crippen LogP contribution in [0.3, 0.4) is 0 Å². The van der Waals surface area contributed by atoms with Gasteiger partial charge in [0.1, 0.15) is 0 Å². The van der Waals surface area contributed by atoms with Crippen molar-refractivity contribution in [3.05, 3.63) is 93.5 Å². The molecule has 7 rings (SSSR count). The van der Waals surface area contributed by atoms with E-state index in [2.05, 4.69) is 97.0 Å². The van der Waals surface area contributed by atoms with Crippen LogP contribution in [0.15, 0.2) is 54.6 Å². The summed E-state index contributed by atoms with van der Waals surface area (Å²) in [6, 6.07) is 19.3. The zero-order valence-electron chi connectivity index (χ0n) is 33.7. The van der Waals surface area contributed by atoms with Crippen molar-refractivity contribution in [1.29, 1.82) is 0 Å². The zero-order valence-corrected chi connectivity index (χ0v) is 37.9. The maximum atomic E-state index is 7.14. The van der Waals surface area contributed by atoms with Crippen LogP contribution in [-0.2, 0) is 11.9 Å². The van der Waals surface area contributed by atoms with Crippen LogP contribution in [0, 0.1) is 41.5 Å². The molecule has 0 atom stereocenters. The van der Waals surface area contributed by atoms with Crippen LogP contribution in [-0.4, -0.2) is 45.5 Å². The minimum absolute atomic E-state index is 0.0122. The van der Waals surface area contributed by atoms with Gasteiger partial charge >= 0.3 is 216 Å². The molecule has 2 nitrogen and oxygen atoms in total. The molecule has 3 saturated carbocycles. The summed E-state index contributed by atoms with van der Waals surface area (Å²) in [5, 5.41) is 0. The number of aryl methyl sites for hydroxylation is 6. The van der Waals surface area contributed by atoms with Crippen molar-refractivity contribution in [2.75, 3.05) is 22.9 Å². The Kier molecular flexibility index (Phi) is 14.9. The summed E-state index contributed by atoms with van der Waals surface area (Å²) in [4.78, 5) is 5.00. The van der Waals surface area contributed by atoms with Gasteiger partial charge in [-0.25, -0.2) is 0 Å². The molecule has 0 unspecified atom stereocenters. The van der Waals surface area contributed by atoms with Crippen LogP contribution in [0.5, 0.6) is 0 Å². The Morgan fingerprint density at radius 2 is 0.906 bits per heavy atom. The Morgan fingerprint density at radius 3 is 1.26 bits per heavy atom. The molecule has 292 valence electrons. The molecule has 1 heterocycles. The van der Waals surface area contributed by atoms with Crippen molar-refractivity contribution in [1.82, 2.24) is 0 Å². The molecule has 0 radical (unpaired) electrons. The van der Waals surface area contributed by atoms with E-state index < -0.39 is 11.9 Å². The van der Waals surface area contributed by atoms with Crippen LogP contribution < -0.4 is 9.80 Å². The topological polar surface area (TPSA) is 6.48 Å². The fourth-order valence-corrected chi connectivity index (χ4v) is 20.5. The van der Waals surface area contributed by atoms with Crippen LogP contribution in [0.2, 0.25) is 0 Å². The van der Waals surface area contributed by atoms with Crippen LogP contribution >= 0.6 is 27.3 Å². The maximum absolute atomic E-state index is 7.14. The van der Waals surface area contributed by atoms with Gasteiger partial charge in [-0.15, -0.1) is 0 Å². The second-order valence-electron chi connectivity index (χ2n) is 16.9. The summed E-state index contributed by atoms with van der Waals surface area (Å²) in [5.41, 5.74) is 15.1. The van der Waals surface area contributed by atoms with Gasteiger partial charge in [0.2, 0.25) is 0 Å². The molecule has 53 heavy (non-hydrogen) atoms. The summed E-state index contributed by atoms with van der Waals surface area (Å²) in [6.07, 6.45) is 23.8. The molecular weight excluding hydrogens is 795 g/mol. The molecular formula is C47H68Cl2N2PRu+. The summed E-state index contributed by atoms with van der Waals surface area (Å²) in [6.45, 7) is 15.0. The van der Waals surface area contributed by atoms with Crippen molar-refractivity contribution in [3.63, 3.8) is 0 Å². The molecule has 0 N–H and O–H groups in total. The second-order valence-corrected chi connectivity index (χ2v) is 29.8. The van der Waals surface area contributed by atoms with Crippen LogP contribution in [0.4, 0.5) is 11.4 Å². The summed E-state index contributed by atoms with van der Waals surface area (Å²) >= 11 is -3.22. The first kappa shape index (κ1) is 41.3. The van der Waals surface area contributed by atoms with Gasteiger partial charge in [0.05, 0.1) is 17.0 Å². The normalized spacial score (nSPS) is 20.0. The van der Waals surface area contributed by atoms with E-state index in [0.29, 0.717) is 0 Å². The third-order valence-corrected chi connectivity index (χ3v) is 21.7. The third kappa shape index (κ3) is 10.7. The zero-order chi connectivity index (χ0) is 37.5. The molecule has 4 aliphatic rings. The van der Waals surface area contributed by atoms with E-state index in [-0.39, 0.29) is 14.1 Å². The molecule has 0 aromatic heterocycles. The fraction of sp³-hybridized carbons (Fsp3) is 0.574. The number of hydrogen-bond acceptors (Lipinski definition) is 2. The Bertz CT molecular complexity index is 1620. The second kappa shape index (κ2) is 19.2. The first-order valence-corrected chi connectivity index (χ1v) is 29.1. The minimum atomic E-state index is -3.22. The molecule has 4 fully saturated rings. The fourth-order valence-electron chi connectivity index (χ4n) is 10.7. The summed E-state index contributed by atoms with van der Waals surface area (Å²) in [7, 11) is 14.2. The number of anilines is 2. The number of rotatable bonds is 7. The van der Waals surface area contributed by atoms with Gasteiger partial charge in [-0.1, -0.05) is 19.3 Å². The quantitative estimate of drug-likeness (QED) is 0.172. The Balaban J connectivity index is 0.000000213. The number of nitrogens with zero attached hydrogens (tertiary/aromatic N) is 2. The molecule has 0 bridgehead atoms. The van der Waals surface area contributed by atoms with Crippen molar-refractivity contribution >= 4 is 47.9 Å². The van der Waals surface area contributed by atoms with E-state index in [9.17, 15) is 0 Å². The Labute approximate surface area is 335 Å². The molecule has 3 aliphatic carbocycles. The molecule has 3 aromatic rings. The van der Waals surface area contributed by atoms with Crippen molar-refractivity contribution < 1.29 is 11.9 Å². The van der Waals surface area contributed by atoms with E-state index in [1.54, 1.807) is 96.3 Å². The SMILES string of the molecule is C1CCC([PH+](C2CCCCC2)C2CCCCC2)CC1.Cc1cc(C)c(N2CCN(c3c(C)cc(C)cc3C)C2[CH]=[Ru]([Cl])([Cl])=[CH]c2ccccc2)c(C)c1. The first-order chi connectivity index (χ1) is 25.5. The average Bonchev–Trinajstić information content (AvgIpc) is 3.50. The molecule has 0 amide bonds. The summed E-state index contributed by atoms with van der Waals surface area (Å²) in [5.74, 6) is 0. The summed E-state index contributed by atoms with van der Waals surface area (Å²) < 4.78 is 4.34. The van der Waals surface area contributed by atoms with Crippen LogP contribution in [0.1, 0.15) is 135 Å². The Morgan fingerprint density at radius 1 is 0.547 bits per heavy atom. The molecule has 3 aromatic carbocycles. The molecule has 1 aliphatic heterocycles. The molecule has 1 saturated heterocycles. The van der Waals surface area contributed by atoms with Gasteiger partial charge < -0.3 is 0 Å². The van der Waals surface area contributed by atoms with E-state index in [4.69, 9.17) is 19.4 Å². The van der Waals surface area contributed by atoms with E-state index in [1.807, 2.05) is 18.2 Å². The standard InChI is InChI=1S/C22H28N2.C18H33P.C7H6.2ClH.Ru/c1-14-10-16(3)21(17(4)11-14)23-8-9-24(20(23)7)22-18(5)12-15(2)13-19(22)6;1-4-10-16(11-5-1)19(17-12-6-2-7-13-17)18-14-8-3-9-15-18;1-7-5-3-2-4-6-7;;;/h7,10-13,20H,8-9H2,1-6H3;16-18H,1-15H2;1-6H;2*1H;/q;;;;;+2/p-1. The van der Waals surface area contributed by atoms with E-state index >= 15 is 0 Å². The first-order valence-electron chi connectivity index (χ1n) is 20.9. The average molecular weight is 864 g/mol. The van der Waals surface area contributed by atoms with Crippen molar-refractivity contribution in [2.45, 2.75) is 161 Å². The van der Waals surface area contributed by atoms with Gasteiger partial charge in [-0.05, 0) is 77.0 Å². The van der Waals surface area contributed by atoms with Gasteiger partial charge in [0.25, 0.3) is 0 Å². The van der Waals surface area contributed by atoms with Gasteiger partial charge in [0, 0.05) is 7.92 Å². The number of hydrogen-bond donors (Lipinski definition) is 0. The van der Waals surface area contributed by atoms with Crippen LogP contribution in [0.25, 0.3) is 0 Å². The number of benzene rings is 3. The van der Waals surface area contributed by atoms with E-state index in [1.165, 1.54) is 61.7 Å². The van der Waals surface area contributed by atoms with Crippen molar-refractivity contribution in [3.8, 4) is 0 Å². The third-order valence-electron chi connectivity index (χ3n) is 12.6. The van der Waals surface area contributed by atoms with Gasteiger partial charge in [-0.3, -0.25) is 0 Å². The predicted octanol–water partition coefficient (Wildman–Crippen LogP) is 13.5. The predicted molar refractivity (Wildman–Crippen MR) is 238 cm³/mol. The van der Waals surface area contributed by atoms with E-state index in [0.717, 1.165) is 18.7 Å². The van der Waals surface area contributed by atoms with Gasteiger partial charge in [-0.2, -0.15) is 0 Å².